The number of halogens is 3. The molecule has 0 bridgehead atoms. The third-order valence-electron chi connectivity index (χ3n) is 2.64. The largest absolute Gasteiger partial charge is 0.493 e. The van der Waals surface area contributed by atoms with Crippen LogP contribution in [0, 0.1) is 5.92 Å². The number of para-hydroxylation sites is 1. The first kappa shape index (κ1) is 16.7. The van der Waals surface area contributed by atoms with Gasteiger partial charge in [-0.05, 0) is 12.1 Å². The van der Waals surface area contributed by atoms with Crippen molar-refractivity contribution in [3.05, 3.63) is 18.2 Å². The molecule has 0 aromatic heterocycles. The molecule has 0 aliphatic carbocycles. The molecule has 21 heavy (non-hydrogen) atoms. The highest BCUT2D eigenvalue weighted by atomic mass is 19.4. The van der Waals surface area contributed by atoms with Crippen LogP contribution >= 0.6 is 0 Å². The van der Waals surface area contributed by atoms with Gasteiger partial charge in [-0.15, -0.1) is 0 Å². The molecule has 1 aromatic carbocycles. The van der Waals surface area contributed by atoms with E-state index in [1.165, 1.54) is 26.4 Å². The van der Waals surface area contributed by atoms with Gasteiger partial charge in [-0.3, -0.25) is 0 Å². The summed E-state index contributed by atoms with van der Waals surface area (Å²) in [6, 6.07) is 4.60. The van der Waals surface area contributed by atoms with Gasteiger partial charge in [0.25, 0.3) is 0 Å². The van der Waals surface area contributed by atoms with E-state index in [2.05, 4.69) is 5.16 Å². The molecule has 0 saturated carbocycles. The highest BCUT2D eigenvalue weighted by molar-refractivity contribution is 5.83. The number of oxime groups is 1. The second-order valence-electron chi connectivity index (χ2n) is 3.92. The maximum absolute atomic E-state index is 12.8. The van der Waals surface area contributed by atoms with Crippen LogP contribution in [-0.4, -0.2) is 38.0 Å². The van der Waals surface area contributed by atoms with E-state index in [1.54, 1.807) is 6.07 Å². The zero-order chi connectivity index (χ0) is 16.0. The Balaban J connectivity index is 3.00. The third-order valence-corrected chi connectivity index (χ3v) is 2.64. The Labute approximate surface area is 118 Å². The lowest BCUT2D eigenvalue weighted by molar-refractivity contribution is -0.162. The predicted molar refractivity (Wildman–Crippen MR) is 68.0 cm³/mol. The fourth-order valence-corrected chi connectivity index (χ4v) is 1.54. The number of methoxy groups -OCH3 is 2. The molecule has 1 rings (SSSR count). The summed E-state index contributed by atoms with van der Waals surface area (Å²) in [5.41, 5.74) is 5.05. The van der Waals surface area contributed by atoms with Gasteiger partial charge in [-0.1, -0.05) is 11.2 Å². The highest BCUT2D eigenvalue weighted by Crippen LogP contribution is 2.38. The number of hydrogen-bond donors (Lipinski definition) is 2. The van der Waals surface area contributed by atoms with Gasteiger partial charge < -0.3 is 25.2 Å². The van der Waals surface area contributed by atoms with Gasteiger partial charge in [0.1, 0.15) is 12.5 Å². The molecule has 3 N–H and O–H groups in total. The molecular weight excluding hydrogens is 293 g/mol. The van der Waals surface area contributed by atoms with Gasteiger partial charge in [-0.2, -0.15) is 13.2 Å². The van der Waals surface area contributed by atoms with Gasteiger partial charge in [-0.25, -0.2) is 0 Å². The zero-order valence-corrected chi connectivity index (χ0v) is 11.3. The Morgan fingerprint density at radius 2 is 1.81 bits per heavy atom. The minimum atomic E-state index is -4.72. The van der Waals surface area contributed by atoms with Crippen molar-refractivity contribution in [1.82, 2.24) is 0 Å². The molecule has 1 atom stereocenters. The Hall–Kier alpha value is -2.32. The van der Waals surface area contributed by atoms with Crippen LogP contribution in [-0.2, 0) is 0 Å². The van der Waals surface area contributed by atoms with Crippen LogP contribution < -0.4 is 19.9 Å². The number of benzene rings is 1. The van der Waals surface area contributed by atoms with Crippen LogP contribution in [0.25, 0.3) is 0 Å². The van der Waals surface area contributed by atoms with E-state index >= 15 is 0 Å². The van der Waals surface area contributed by atoms with Crippen molar-refractivity contribution in [3.63, 3.8) is 0 Å². The lowest BCUT2D eigenvalue weighted by Crippen LogP contribution is -2.40. The van der Waals surface area contributed by atoms with Crippen LogP contribution in [0.3, 0.4) is 0 Å². The monoisotopic (exact) mass is 308 g/mol. The van der Waals surface area contributed by atoms with Gasteiger partial charge in [0, 0.05) is 0 Å². The van der Waals surface area contributed by atoms with Crippen LogP contribution in [0.2, 0.25) is 0 Å². The van der Waals surface area contributed by atoms with Crippen molar-refractivity contribution in [2.24, 2.45) is 16.8 Å². The maximum Gasteiger partial charge on any atom is 0.402 e. The standard InChI is InChI=1S/C12H15F3N2O4/c1-19-8-4-3-5-9(20-2)10(8)21-6-7(11(16)17-18)12(13,14)15/h3-5,7,18H,6H2,1-2H3,(H2,16,17). The number of rotatable bonds is 6. The number of amidine groups is 1. The van der Waals surface area contributed by atoms with Gasteiger partial charge in [0.2, 0.25) is 5.75 Å². The Kier molecular flexibility index (Phi) is 5.51. The summed E-state index contributed by atoms with van der Waals surface area (Å²) in [6.07, 6.45) is -4.72. The number of hydrogen-bond acceptors (Lipinski definition) is 5. The predicted octanol–water partition coefficient (Wildman–Crippen LogP) is 2.01. The summed E-state index contributed by atoms with van der Waals surface area (Å²) in [7, 11) is 2.68. The molecule has 0 aliphatic heterocycles. The fraction of sp³-hybridized carbons (Fsp3) is 0.417. The van der Waals surface area contributed by atoms with Crippen LogP contribution in [0.4, 0.5) is 13.2 Å². The fourth-order valence-electron chi connectivity index (χ4n) is 1.54. The maximum atomic E-state index is 12.8. The SMILES string of the molecule is COc1cccc(OC)c1OCC(/C(N)=N/O)C(F)(F)F. The van der Waals surface area contributed by atoms with E-state index in [0.717, 1.165) is 0 Å². The average molecular weight is 308 g/mol. The second kappa shape index (κ2) is 6.91. The van der Waals surface area contributed by atoms with Gasteiger partial charge >= 0.3 is 6.18 Å². The lowest BCUT2D eigenvalue weighted by atomic mass is 10.1. The van der Waals surface area contributed by atoms with E-state index in [-0.39, 0.29) is 17.2 Å². The molecule has 0 saturated heterocycles. The van der Waals surface area contributed by atoms with Crippen molar-refractivity contribution in [2.45, 2.75) is 6.18 Å². The first-order chi connectivity index (χ1) is 9.85. The summed E-state index contributed by atoms with van der Waals surface area (Å²) >= 11 is 0. The third kappa shape index (κ3) is 4.07. The number of alkyl halides is 3. The van der Waals surface area contributed by atoms with Crippen LogP contribution in [0.15, 0.2) is 23.4 Å². The van der Waals surface area contributed by atoms with E-state index < -0.39 is 24.5 Å². The Bertz CT molecular complexity index is 484. The van der Waals surface area contributed by atoms with Gasteiger partial charge in [0.15, 0.2) is 17.3 Å². The molecule has 0 aliphatic rings. The van der Waals surface area contributed by atoms with E-state index in [0.29, 0.717) is 0 Å². The molecular formula is C12H15F3N2O4. The van der Waals surface area contributed by atoms with Crippen LogP contribution in [0.5, 0.6) is 17.2 Å². The van der Waals surface area contributed by atoms with E-state index in [1.807, 2.05) is 0 Å². The highest BCUT2D eigenvalue weighted by Gasteiger charge is 2.43. The van der Waals surface area contributed by atoms with E-state index in [4.69, 9.17) is 25.2 Å². The smallest absolute Gasteiger partial charge is 0.402 e. The van der Waals surface area contributed by atoms with Crippen LogP contribution in [0.1, 0.15) is 0 Å². The van der Waals surface area contributed by atoms with Crippen molar-refractivity contribution in [3.8, 4) is 17.2 Å². The van der Waals surface area contributed by atoms with Crippen molar-refractivity contribution < 1.29 is 32.6 Å². The summed E-state index contributed by atoms with van der Waals surface area (Å²) < 4.78 is 53.5. The number of nitrogens with two attached hydrogens (primary N) is 1. The Morgan fingerprint density at radius 1 is 1.29 bits per heavy atom. The molecule has 0 heterocycles. The molecule has 118 valence electrons. The first-order valence-corrected chi connectivity index (χ1v) is 5.73. The summed E-state index contributed by atoms with van der Waals surface area (Å²) in [6.45, 7) is -0.879. The van der Waals surface area contributed by atoms with Crippen molar-refractivity contribution >= 4 is 5.84 Å². The Morgan fingerprint density at radius 3 is 2.19 bits per heavy atom. The number of ether oxygens (including phenoxy) is 3. The molecule has 0 amide bonds. The molecule has 0 fully saturated rings. The minimum absolute atomic E-state index is 0.00231. The summed E-state index contributed by atoms with van der Waals surface area (Å²) in [4.78, 5) is 0. The topological polar surface area (TPSA) is 86.3 Å². The first-order valence-electron chi connectivity index (χ1n) is 5.73. The van der Waals surface area contributed by atoms with Crippen molar-refractivity contribution in [2.75, 3.05) is 20.8 Å². The molecule has 0 radical (unpaired) electrons. The summed E-state index contributed by atoms with van der Waals surface area (Å²) in [5.74, 6) is -2.83. The molecule has 0 spiro atoms. The molecule has 6 nitrogen and oxygen atoms in total. The minimum Gasteiger partial charge on any atom is -0.493 e. The number of nitrogens with zero attached hydrogens (tertiary/aromatic N) is 1. The average Bonchev–Trinajstić information content (AvgIpc) is 2.45. The van der Waals surface area contributed by atoms with Crippen molar-refractivity contribution in [1.29, 1.82) is 0 Å². The zero-order valence-electron chi connectivity index (χ0n) is 11.3. The second-order valence-corrected chi connectivity index (χ2v) is 3.92. The van der Waals surface area contributed by atoms with Gasteiger partial charge in [0.05, 0.1) is 14.2 Å². The van der Waals surface area contributed by atoms with E-state index in [9.17, 15) is 13.2 Å². The lowest BCUT2D eigenvalue weighted by Gasteiger charge is -2.21. The molecule has 9 heteroatoms. The molecule has 1 unspecified atom stereocenters. The summed E-state index contributed by atoms with van der Waals surface area (Å²) in [5, 5.41) is 10.8. The normalized spacial score (nSPS) is 13.7. The molecule has 1 aromatic rings. The quantitative estimate of drug-likeness (QED) is 0.363.